The minimum absolute atomic E-state index is 0.0168. The van der Waals surface area contributed by atoms with Crippen LogP contribution in [0, 0.1) is 5.92 Å². The summed E-state index contributed by atoms with van der Waals surface area (Å²) in [6.07, 6.45) is -8.07. The Morgan fingerprint density at radius 2 is 2.11 bits per heavy atom. The van der Waals surface area contributed by atoms with E-state index in [2.05, 4.69) is 14.8 Å². The maximum absolute atomic E-state index is 13.3. The number of carboxylic acid groups (broad SMARTS) is 1. The van der Waals surface area contributed by atoms with Crippen molar-refractivity contribution in [1.29, 1.82) is 0 Å². The highest BCUT2D eigenvalue weighted by Gasteiger charge is 2.51. The van der Waals surface area contributed by atoms with E-state index in [4.69, 9.17) is 28.3 Å². The topological polar surface area (TPSA) is 99.2 Å². The van der Waals surface area contributed by atoms with E-state index in [1.807, 2.05) is 0 Å². The van der Waals surface area contributed by atoms with Crippen molar-refractivity contribution in [3.05, 3.63) is 44.3 Å². The molecule has 2 unspecified atom stereocenters. The Hall–Kier alpha value is -2.27. The Kier molecular flexibility index (Phi) is 5.08. The van der Waals surface area contributed by atoms with Crippen molar-refractivity contribution in [1.82, 2.24) is 19.3 Å². The largest absolute Gasteiger partial charge is 0.507 e. The van der Waals surface area contributed by atoms with Gasteiger partial charge in [-0.15, -0.1) is 0 Å². The average Bonchev–Trinajstić information content (AvgIpc) is 2.85. The molecular weight excluding hydrogens is 416 g/mol. The monoisotopic (exact) mass is 426 g/mol. The fourth-order valence-corrected chi connectivity index (χ4v) is 3.31. The van der Waals surface area contributed by atoms with Gasteiger partial charge < -0.3 is 9.84 Å². The zero-order chi connectivity index (χ0) is 19.9. The highest BCUT2D eigenvalue weighted by Crippen LogP contribution is 2.41. The molecule has 1 aliphatic rings. The fraction of sp³-hybridized carbons (Fsp3) is 0.429. The van der Waals surface area contributed by atoms with Gasteiger partial charge >= 0.3 is 18.0 Å². The van der Waals surface area contributed by atoms with Crippen molar-refractivity contribution in [2.45, 2.75) is 31.8 Å². The molecule has 0 fully saturated rings. The summed E-state index contributed by atoms with van der Waals surface area (Å²) in [4.78, 5) is 27.4. The van der Waals surface area contributed by atoms with Crippen LogP contribution in [0.5, 0.6) is 0 Å². The Morgan fingerprint density at radius 1 is 1.41 bits per heavy atom. The second-order valence-electron chi connectivity index (χ2n) is 5.77. The lowest BCUT2D eigenvalue weighted by Gasteiger charge is -2.31. The van der Waals surface area contributed by atoms with Gasteiger partial charge in [0.15, 0.2) is 6.23 Å². The van der Waals surface area contributed by atoms with E-state index in [0.717, 1.165) is 4.68 Å². The summed E-state index contributed by atoms with van der Waals surface area (Å²) in [5.41, 5.74) is -0.736. The predicted octanol–water partition coefficient (Wildman–Crippen LogP) is 3.11. The number of rotatable bonds is 3. The average molecular weight is 427 g/mol. The standard InChI is InChI=1S/C14H11Cl2F3N4O4/c15-6-3-8(16)9(20-4-6)5-22-12(24)23-10(21-22)2-1-7(14(17,18)19)11(23)27-13(25)26/h3-4,7,11H,1-2,5H2,(H,25,26). The van der Waals surface area contributed by atoms with Crippen molar-refractivity contribution in [3.63, 3.8) is 0 Å². The van der Waals surface area contributed by atoms with Crippen LogP contribution in [0.2, 0.25) is 10.0 Å². The molecule has 0 saturated carbocycles. The van der Waals surface area contributed by atoms with Crippen LogP contribution in [-0.4, -0.2) is 36.8 Å². The van der Waals surface area contributed by atoms with Crippen LogP contribution in [0.25, 0.3) is 0 Å². The van der Waals surface area contributed by atoms with E-state index < -0.39 is 36.6 Å². The molecule has 2 atom stereocenters. The van der Waals surface area contributed by atoms with Gasteiger partial charge in [-0.1, -0.05) is 23.2 Å². The van der Waals surface area contributed by atoms with Crippen LogP contribution in [0.4, 0.5) is 18.0 Å². The SMILES string of the molecule is O=C(O)OC1C(C(F)(F)F)CCc2nn(Cc3ncc(Cl)cc3Cl)c(=O)n21. The minimum atomic E-state index is -4.75. The molecule has 3 heterocycles. The van der Waals surface area contributed by atoms with Gasteiger partial charge in [-0.3, -0.25) is 4.98 Å². The second kappa shape index (κ2) is 7.04. The van der Waals surface area contributed by atoms with Crippen LogP contribution in [0.1, 0.15) is 24.2 Å². The van der Waals surface area contributed by atoms with Crippen molar-refractivity contribution in [3.8, 4) is 0 Å². The summed E-state index contributed by atoms with van der Waals surface area (Å²) in [5, 5.41) is 13.2. The Labute approximate surface area is 159 Å². The van der Waals surface area contributed by atoms with Gasteiger partial charge in [0.05, 0.1) is 22.3 Å². The van der Waals surface area contributed by atoms with Gasteiger partial charge in [-0.25, -0.2) is 18.8 Å². The van der Waals surface area contributed by atoms with Gasteiger partial charge in [-0.05, 0) is 12.5 Å². The number of halogens is 5. The first kappa shape index (κ1) is 19.5. The summed E-state index contributed by atoms with van der Waals surface area (Å²) < 4.78 is 45.6. The molecule has 2 aromatic heterocycles. The number of alkyl halides is 3. The minimum Gasteiger partial charge on any atom is -0.450 e. The molecule has 0 bridgehead atoms. The van der Waals surface area contributed by atoms with Gasteiger partial charge in [0.2, 0.25) is 0 Å². The Balaban J connectivity index is 2.02. The number of nitrogens with zero attached hydrogens (tertiary/aromatic N) is 4. The number of hydrogen-bond donors (Lipinski definition) is 1. The molecule has 3 rings (SSSR count). The zero-order valence-corrected chi connectivity index (χ0v) is 14.8. The lowest BCUT2D eigenvalue weighted by Crippen LogP contribution is -2.43. The number of hydrogen-bond acceptors (Lipinski definition) is 5. The molecule has 1 aliphatic heterocycles. The predicted molar refractivity (Wildman–Crippen MR) is 85.9 cm³/mol. The van der Waals surface area contributed by atoms with Crippen LogP contribution in [0.15, 0.2) is 17.1 Å². The lowest BCUT2D eigenvalue weighted by atomic mass is 9.96. The third-order valence-corrected chi connectivity index (χ3v) is 4.58. The molecule has 0 aliphatic carbocycles. The summed E-state index contributed by atoms with van der Waals surface area (Å²) in [6, 6.07) is 1.39. The van der Waals surface area contributed by atoms with E-state index in [0.29, 0.717) is 4.57 Å². The number of fused-ring (bicyclic) bond motifs is 1. The van der Waals surface area contributed by atoms with Crippen molar-refractivity contribution in [2.24, 2.45) is 5.92 Å². The van der Waals surface area contributed by atoms with Gasteiger partial charge in [-0.2, -0.15) is 18.3 Å². The molecule has 0 radical (unpaired) electrons. The van der Waals surface area contributed by atoms with E-state index in [1.54, 1.807) is 0 Å². The van der Waals surface area contributed by atoms with Gasteiger partial charge in [0.1, 0.15) is 11.7 Å². The molecule has 1 N–H and O–H groups in total. The van der Waals surface area contributed by atoms with Crippen molar-refractivity contribution < 1.29 is 27.8 Å². The first-order valence-electron chi connectivity index (χ1n) is 7.52. The number of aromatic nitrogens is 4. The quantitative estimate of drug-likeness (QED) is 0.756. The summed E-state index contributed by atoms with van der Waals surface area (Å²) in [5.74, 6) is -2.18. The van der Waals surface area contributed by atoms with Crippen molar-refractivity contribution >= 4 is 29.4 Å². The molecule has 27 heavy (non-hydrogen) atoms. The molecule has 8 nitrogen and oxygen atoms in total. The maximum Gasteiger partial charge on any atom is 0.507 e. The van der Waals surface area contributed by atoms with Gasteiger partial charge in [0.25, 0.3) is 0 Å². The van der Waals surface area contributed by atoms with Crippen LogP contribution in [-0.2, 0) is 17.7 Å². The molecule has 13 heteroatoms. The summed E-state index contributed by atoms with van der Waals surface area (Å²) in [6.45, 7) is -0.231. The number of ether oxygens (including phenoxy) is 1. The Morgan fingerprint density at radius 3 is 2.70 bits per heavy atom. The Bertz CT molecular complexity index is 943. The fourth-order valence-electron chi connectivity index (χ4n) is 2.87. The summed E-state index contributed by atoms with van der Waals surface area (Å²) >= 11 is 11.7. The molecule has 0 aromatic carbocycles. The molecule has 146 valence electrons. The molecule has 2 aromatic rings. The van der Waals surface area contributed by atoms with E-state index in [-0.39, 0.29) is 34.5 Å². The zero-order valence-electron chi connectivity index (χ0n) is 13.3. The van der Waals surface area contributed by atoms with Crippen molar-refractivity contribution in [2.75, 3.05) is 0 Å². The molecular formula is C14H11Cl2F3N4O4. The third-order valence-electron chi connectivity index (χ3n) is 4.04. The van der Waals surface area contributed by atoms with E-state index >= 15 is 0 Å². The number of pyridine rings is 1. The smallest absolute Gasteiger partial charge is 0.450 e. The van der Waals surface area contributed by atoms with Crippen LogP contribution in [0.3, 0.4) is 0 Å². The lowest BCUT2D eigenvalue weighted by molar-refractivity contribution is -0.220. The van der Waals surface area contributed by atoms with E-state index in [1.165, 1.54) is 12.3 Å². The highest BCUT2D eigenvalue weighted by molar-refractivity contribution is 6.34. The first-order valence-corrected chi connectivity index (χ1v) is 8.28. The normalized spacial score (nSPS) is 19.6. The van der Waals surface area contributed by atoms with Crippen LogP contribution < -0.4 is 5.69 Å². The number of aryl methyl sites for hydroxylation is 1. The first-order chi connectivity index (χ1) is 12.6. The maximum atomic E-state index is 13.3. The number of carbonyl (C=O) groups is 1. The van der Waals surface area contributed by atoms with E-state index in [9.17, 15) is 22.8 Å². The molecule has 0 amide bonds. The third kappa shape index (κ3) is 3.88. The highest BCUT2D eigenvalue weighted by atomic mass is 35.5. The molecule has 0 spiro atoms. The van der Waals surface area contributed by atoms with Crippen LogP contribution >= 0.6 is 23.2 Å². The summed E-state index contributed by atoms with van der Waals surface area (Å²) in [7, 11) is 0. The second-order valence-corrected chi connectivity index (χ2v) is 6.61. The molecule has 0 saturated heterocycles. The van der Waals surface area contributed by atoms with Gasteiger partial charge in [0, 0.05) is 12.6 Å².